The average Bonchev–Trinajstić information content (AvgIpc) is 3.28. The molecular weight excluding hydrogens is 367 g/mol. The number of methoxy groups -OCH3 is 1. The summed E-state index contributed by atoms with van der Waals surface area (Å²) in [4.78, 5) is 7.71. The minimum absolute atomic E-state index is 0.0750. The molecule has 1 atom stereocenters. The van der Waals surface area contributed by atoms with Gasteiger partial charge in [-0.05, 0) is 30.7 Å². The predicted molar refractivity (Wildman–Crippen MR) is 104 cm³/mol. The van der Waals surface area contributed by atoms with Crippen LogP contribution in [-0.4, -0.2) is 27.3 Å². The number of fused-ring (bicyclic) bond motifs is 1. The van der Waals surface area contributed by atoms with Gasteiger partial charge in [-0.3, -0.25) is 5.10 Å². The Morgan fingerprint density at radius 1 is 1.26 bits per heavy atom. The van der Waals surface area contributed by atoms with E-state index in [1.165, 1.54) is 6.07 Å². The van der Waals surface area contributed by atoms with E-state index in [9.17, 15) is 4.39 Å². The number of hydrogen-bond acceptors (Lipinski definition) is 3. The predicted octanol–water partition coefficient (Wildman–Crippen LogP) is 5.21. The van der Waals surface area contributed by atoms with Crippen LogP contribution in [0.2, 0.25) is 5.02 Å². The molecule has 0 amide bonds. The molecule has 0 saturated carbocycles. The standard InChI is InChI=1S/C20H18ClFN4O/c1-10(18-17(27-3)5-4-16(22)19(18)21)14-8-24-20-13(14)6-12(7-23-20)15-9-25-26-11(15)2/h4-10H,1-3H3,(H,23,24)(H,25,26)/t10-/m0/s1. The molecule has 0 aliphatic heterocycles. The number of aromatic amines is 2. The molecule has 4 aromatic rings. The monoisotopic (exact) mass is 384 g/mol. The van der Waals surface area contributed by atoms with Crippen molar-refractivity contribution in [3.05, 3.63) is 64.5 Å². The molecule has 2 N–H and O–H groups in total. The SMILES string of the molecule is COc1ccc(F)c(Cl)c1[C@@H](C)c1c[nH]c2ncc(-c3c[nH]nc3C)cc12. The van der Waals surface area contributed by atoms with E-state index in [0.717, 1.165) is 33.4 Å². The Labute approximate surface area is 160 Å². The summed E-state index contributed by atoms with van der Waals surface area (Å²) in [7, 11) is 1.55. The van der Waals surface area contributed by atoms with Crippen molar-refractivity contribution in [3.63, 3.8) is 0 Å². The van der Waals surface area contributed by atoms with E-state index >= 15 is 0 Å². The highest BCUT2D eigenvalue weighted by atomic mass is 35.5. The molecule has 0 aliphatic carbocycles. The lowest BCUT2D eigenvalue weighted by Crippen LogP contribution is -2.02. The fraction of sp³-hybridized carbons (Fsp3) is 0.200. The van der Waals surface area contributed by atoms with E-state index in [-0.39, 0.29) is 10.9 Å². The number of nitrogens with one attached hydrogen (secondary N) is 2. The van der Waals surface area contributed by atoms with Crippen LogP contribution < -0.4 is 4.74 Å². The van der Waals surface area contributed by atoms with Gasteiger partial charge in [-0.1, -0.05) is 18.5 Å². The number of hydrogen-bond donors (Lipinski definition) is 2. The Bertz CT molecular complexity index is 1130. The smallest absolute Gasteiger partial charge is 0.142 e. The normalized spacial score (nSPS) is 12.5. The fourth-order valence-corrected chi connectivity index (χ4v) is 3.79. The number of benzene rings is 1. The first-order valence-electron chi connectivity index (χ1n) is 8.51. The summed E-state index contributed by atoms with van der Waals surface area (Å²) in [5, 5.41) is 8.06. The number of halogens is 2. The summed E-state index contributed by atoms with van der Waals surface area (Å²) in [6.45, 7) is 3.91. The van der Waals surface area contributed by atoms with Gasteiger partial charge >= 0.3 is 0 Å². The van der Waals surface area contributed by atoms with Crippen LogP contribution in [0.4, 0.5) is 4.39 Å². The third kappa shape index (κ3) is 2.86. The number of H-pyrrole nitrogens is 2. The second kappa shape index (κ2) is 6.70. The van der Waals surface area contributed by atoms with Crippen molar-refractivity contribution in [2.45, 2.75) is 19.8 Å². The second-order valence-electron chi connectivity index (χ2n) is 6.45. The molecule has 3 heterocycles. The number of ether oxygens (including phenoxy) is 1. The van der Waals surface area contributed by atoms with Crippen LogP contribution in [0, 0.1) is 12.7 Å². The zero-order valence-electron chi connectivity index (χ0n) is 15.1. The zero-order valence-corrected chi connectivity index (χ0v) is 15.9. The third-order valence-corrected chi connectivity index (χ3v) is 5.30. The van der Waals surface area contributed by atoms with Crippen molar-refractivity contribution in [1.82, 2.24) is 20.2 Å². The third-order valence-electron chi connectivity index (χ3n) is 4.92. The van der Waals surface area contributed by atoms with Crippen LogP contribution in [0.3, 0.4) is 0 Å². The summed E-state index contributed by atoms with van der Waals surface area (Å²) in [5.74, 6) is -0.107. The molecule has 27 heavy (non-hydrogen) atoms. The van der Waals surface area contributed by atoms with Gasteiger partial charge in [-0.15, -0.1) is 0 Å². The zero-order chi connectivity index (χ0) is 19.1. The molecule has 4 rings (SSSR count). The lowest BCUT2D eigenvalue weighted by Gasteiger charge is -2.17. The van der Waals surface area contributed by atoms with Crippen LogP contribution in [0.5, 0.6) is 5.75 Å². The van der Waals surface area contributed by atoms with Crippen LogP contribution in [0.1, 0.15) is 29.7 Å². The molecule has 0 spiro atoms. The second-order valence-corrected chi connectivity index (χ2v) is 6.83. The van der Waals surface area contributed by atoms with Crippen molar-refractivity contribution < 1.29 is 9.13 Å². The molecular formula is C20H18ClFN4O. The highest BCUT2D eigenvalue weighted by Gasteiger charge is 2.23. The molecule has 0 radical (unpaired) electrons. The molecule has 3 aromatic heterocycles. The van der Waals surface area contributed by atoms with E-state index < -0.39 is 5.82 Å². The van der Waals surface area contributed by atoms with Gasteiger partial charge in [0, 0.05) is 46.6 Å². The van der Waals surface area contributed by atoms with E-state index in [2.05, 4.69) is 26.2 Å². The van der Waals surface area contributed by atoms with Crippen molar-refractivity contribution in [3.8, 4) is 16.9 Å². The minimum Gasteiger partial charge on any atom is -0.496 e. The van der Waals surface area contributed by atoms with Gasteiger partial charge in [-0.2, -0.15) is 5.10 Å². The van der Waals surface area contributed by atoms with Crippen LogP contribution in [0.15, 0.2) is 36.8 Å². The molecule has 0 saturated heterocycles. The van der Waals surface area contributed by atoms with Gasteiger partial charge in [0.15, 0.2) is 0 Å². The Hall–Kier alpha value is -2.86. The van der Waals surface area contributed by atoms with Crippen molar-refractivity contribution in [1.29, 1.82) is 0 Å². The van der Waals surface area contributed by atoms with Crippen LogP contribution in [0.25, 0.3) is 22.2 Å². The summed E-state index contributed by atoms with van der Waals surface area (Å²) in [5.41, 5.74) is 5.19. The first kappa shape index (κ1) is 17.5. The van der Waals surface area contributed by atoms with Crippen molar-refractivity contribution in [2.24, 2.45) is 0 Å². The average molecular weight is 385 g/mol. The van der Waals surface area contributed by atoms with E-state index in [1.807, 2.05) is 26.2 Å². The largest absolute Gasteiger partial charge is 0.496 e. The molecule has 5 nitrogen and oxygen atoms in total. The van der Waals surface area contributed by atoms with Crippen molar-refractivity contribution >= 4 is 22.6 Å². The summed E-state index contributed by atoms with van der Waals surface area (Å²) < 4.78 is 19.5. The molecule has 138 valence electrons. The lowest BCUT2D eigenvalue weighted by atomic mass is 9.91. The highest BCUT2D eigenvalue weighted by Crippen LogP contribution is 2.40. The lowest BCUT2D eigenvalue weighted by molar-refractivity contribution is 0.407. The molecule has 0 fully saturated rings. The maximum absolute atomic E-state index is 14.1. The minimum atomic E-state index is -0.466. The fourth-order valence-electron chi connectivity index (χ4n) is 3.47. The van der Waals surface area contributed by atoms with Gasteiger partial charge < -0.3 is 9.72 Å². The summed E-state index contributed by atoms with van der Waals surface area (Å²) >= 11 is 6.28. The number of aryl methyl sites for hydroxylation is 1. The number of nitrogens with zero attached hydrogens (tertiary/aromatic N) is 2. The molecule has 0 unspecified atom stereocenters. The van der Waals surface area contributed by atoms with Crippen LogP contribution >= 0.6 is 11.6 Å². The van der Waals surface area contributed by atoms with E-state index in [4.69, 9.17) is 16.3 Å². The number of rotatable bonds is 4. The molecule has 0 aliphatic rings. The Morgan fingerprint density at radius 3 is 2.78 bits per heavy atom. The Morgan fingerprint density at radius 2 is 2.07 bits per heavy atom. The van der Waals surface area contributed by atoms with E-state index in [0.29, 0.717) is 11.3 Å². The van der Waals surface area contributed by atoms with Gasteiger partial charge in [0.1, 0.15) is 17.2 Å². The number of aromatic nitrogens is 4. The van der Waals surface area contributed by atoms with E-state index in [1.54, 1.807) is 19.4 Å². The van der Waals surface area contributed by atoms with Gasteiger partial charge in [0.25, 0.3) is 0 Å². The van der Waals surface area contributed by atoms with Crippen molar-refractivity contribution in [2.75, 3.05) is 7.11 Å². The quantitative estimate of drug-likeness (QED) is 0.507. The molecule has 0 bridgehead atoms. The topological polar surface area (TPSA) is 66.6 Å². The Balaban J connectivity index is 1.87. The summed E-state index contributed by atoms with van der Waals surface area (Å²) in [6.07, 6.45) is 5.54. The number of pyridine rings is 1. The molecule has 7 heteroatoms. The Kier molecular flexibility index (Phi) is 4.36. The maximum atomic E-state index is 14.1. The summed E-state index contributed by atoms with van der Waals surface area (Å²) in [6, 6.07) is 4.97. The maximum Gasteiger partial charge on any atom is 0.142 e. The van der Waals surface area contributed by atoms with Gasteiger partial charge in [0.2, 0.25) is 0 Å². The first-order valence-corrected chi connectivity index (χ1v) is 8.88. The first-order chi connectivity index (χ1) is 13.0. The van der Waals surface area contributed by atoms with Gasteiger partial charge in [-0.25, -0.2) is 9.37 Å². The molecule has 1 aromatic carbocycles. The van der Waals surface area contributed by atoms with Gasteiger partial charge in [0.05, 0.1) is 17.8 Å². The highest BCUT2D eigenvalue weighted by molar-refractivity contribution is 6.31. The van der Waals surface area contributed by atoms with Crippen LogP contribution in [-0.2, 0) is 0 Å².